The van der Waals surface area contributed by atoms with Crippen LogP contribution >= 0.6 is 0 Å². The molecule has 0 atom stereocenters. The molecule has 2 aromatic heterocycles. The predicted octanol–water partition coefficient (Wildman–Crippen LogP) is 1.24. The molecule has 0 saturated carbocycles. The van der Waals surface area contributed by atoms with E-state index in [1.54, 1.807) is 20.3 Å². The SMILES string of the molecule is COc1cc(OC)n2c3c(nc2n1)CCC3. The lowest BCUT2D eigenvalue weighted by atomic mass is 10.3. The molecule has 0 saturated heterocycles. The minimum atomic E-state index is 0.535. The van der Waals surface area contributed by atoms with Gasteiger partial charge in [0.2, 0.25) is 17.5 Å². The molecule has 1 aliphatic rings. The molecule has 0 aromatic carbocycles. The Bertz CT molecular complexity index is 548. The van der Waals surface area contributed by atoms with Crippen LogP contribution in [-0.4, -0.2) is 28.6 Å². The van der Waals surface area contributed by atoms with Gasteiger partial charge in [0.1, 0.15) is 0 Å². The number of methoxy groups -OCH3 is 2. The summed E-state index contributed by atoms with van der Waals surface area (Å²) >= 11 is 0. The van der Waals surface area contributed by atoms with Crippen LogP contribution in [0.15, 0.2) is 6.07 Å². The van der Waals surface area contributed by atoms with Gasteiger partial charge in [-0.25, -0.2) is 4.98 Å². The van der Waals surface area contributed by atoms with Gasteiger partial charge >= 0.3 is 0 Å². The Balaban J connectivity index is 2.32. The predicted molar refractivity (Wildman–Crippen MR) is 58.1 cm³/mol. The molecule has 16 heavy (non-hydrogen) atoms. The second-order valence-electron chi connectivity index (χ2n) is 3.84. The highest BCUT2D eigenvalue weighted by atomic mass is 16.5. The zero-order valence-electron chi connectivity index (χ0n) is 9.36. The third-order valence-electron chi connectivity index (χ3n) is 2.96. The molecule has 0 radical (unpaired) electrons. The van der Waals surface area contributed by atoms with Crippen molar-refractivity contribution >= 4 is 5.78 Å². The van der Waals surface area contributed by atoms with E-state index in [0.717, 1.165) is 30.8 Å². The maximum atomic E-state index is 5.36. The molecule has 84 valence electrons. The van der Waals surface area contributed by atoms with Gasteiger partial charge < -0.3 is 9.47 Å². The van der Waals surface area contributed by atoms with Gasteiger partial charge in [0.15, 0.2) is 0 Å². The van der Waals surface area contributed by atoms with Crippen molar-refractivity contribution in [3.8, 4) is 11.8 Å². The van der Waals surface area contributed by atoms with Crippen LogP contribution in [0.5, 0.6) is 11.8 Å². The van der Waals surface area contributed by atoms with E-state index >= 15 is 0 Å². The van der Waals surface area contributed by atoms with Crippen molar-refractivity contribution in [3.63, 3.8) is 0 Å². The van der Waals surface area contributed by atoms with Crippen LogP contribution in [0.1, 0.15) is 17.8 Å². The normalized spacial score (nSPS) is 14.1. The van der Waals surface area contributed by atoms with Gasteiger partial charge in [-0.15, -0.1) is 0 Å². The van der Waals surface area contributed by atoms with Gasteiger partial charge in [-0.3, -0.25) is 4.40 Å². The van der Waals surface area contributed by atoms with E-state index in [4.69, 9.17) is 9.47 Å². The first kappa shape index (κ1) is 9.45. The number of ether oxygens (including phenoxy) is 2. The fraction of sp³-hybridized carbons (Fsp3) is 0.455. The highest BCUT2D eigenvalue weighted by Gasteiger charge is 2.21. The van der Waals surface area contributed by atoms with E-state index in [1.807, 2.05) is 4.40 Å². The van der Waals surface area contributed by atoms with Gasteiger partial charge in [-0.1, -0.05) is 0 Å². The first-order valence-electron chi connectivity index (χ1n) is 5.32. The number of imidazole rings is 1. The van der Waals surface area contributed by atoms with Crippen molar-refractivity contribution in [2.24, 2.45) is 0 Å². The summed E-state index contributed by atoms with van der Waals surface area (Å²) in [6.07, 6.45) is 3.24. The summed E-state index contributed by atoms with van der Waals surface area (Å²) in [7, 11) is 3.24. The molecule has 0 bridgehead atoms. The zero-order valence-corrected chi connectivity index (χ0v) is 9.36. The minimum absolute atomic E-state index is 0.535. The number of aryl methyl sites for hydroxylation is 2. The molecule has 1 aliphatic carbocycles. The lowest BCUT2D eigenvalue weighted by Gasteiger charge is -2.07. The van der Waals surface area contributed by atoms with Crippen LogP contribution in [0.4, 0.5) is 0 Å². The van der Waals surface area contributed by atoms with Gasteiger partial charge in [0.25, 0.3) is 0 Å². The molecule has 5 heteroatoms. The smallest absolute Gasteiger partial charge is 0.240 e. The summed E-state index contributed by atoms with van der Waals surface area (Å²) in [5, 5.41) is 0. The van der Waals surface area contributed by atoms with Crippen LogP contribution in [0.2, 0.25) is 0 Å². The molecule has 2 aromatic rings. The Labute approximate surface area is 93.0 Å². The molecular formula is C11H13N3O2. The molecule has 0 N–H and O–H groups in total. The highest BCUT2D eigenvalue weighted by Crippen LogP contribution is 2.28. The molecule has 5 nitrogen and oxygen atoms in total. The van der Waals surface area contributed by atoms with Gasteiger partial charge in [-0.05, 0) is 19.3 Å². The summed E-state index contributed by atoms with van der Waals surface area (Å²) in [5.74, 6) is 1.94. The van der Waals surface area contributed by atoms with Crippen molar-refractivity contribution < 1.29 is 9.47 Å². The number of hydrogen-bond donors (Lipinski definition) is 0. The minimum Gasteiger partial charge on any atom is -0.482 e. The molecule has 0 amide bonds. The Hall–Kier alpha value is -1.78. The Morgan fingerprint density at radius 3 is 2.81 bits per heavy atom. The number of fused-ring (bicyclic) bond motifs is 3. The van der Waals surface area contributed by atoms with Crippen LogP contribution in [0.3, 0.4) is 0 Å². The first-order chi connectivity index (χ1) is 7.83. The maximum absolute atomic E-state index is 5.36. The second kappa shape index (κ2) is 3.37. The lowest BCUT2D eigenvalue weighted by Crippen LogP contribution is -2.01. The Kier molecular flexibility index (Phi) is 1.99. The van der Waals surface area contributed by atoms with Gasteiger partial charge in [0.05, 0.1) is 31.7 Å². The average molecular weight is 219 g/mol. The van der Waals surface area contributed by atoms with Crippen molar-refractivity contribution in [2.45, 2.75) is 19.3 Å². The molecule has 2 heterocycles. The Morgan fingerprint density at radius 1 is 1.19 bits per heavy atom. The number of hydrogen-bond acceptors (Lipinski definition) is 4. The fourth-order valence-corrected chi connectivity index (χ4v) is 2.23. The zero-order chi connectivity index (χ0) is 11.1. The van der Waals surface area contributed by atoms with Crippen LogP contribution in [0, 0.1) is 0 Å². The van der Waals surface area contributed by atoms with E-state index in [1.165, 1.54) is 5.69 Å². The van der Waals surface area contributed by atoms with Crippen LogP contribution in [0.25, 0.3) is 5.78 Å². The molecular weight excluding hydrogens is 206 g/mol. The summed E-state index contributed by atoms with van der Waals surface area (Å²) < 4.78 is 12.5. The molecule has 0 fully saturated rings. The molecule has 3 rings (SSSR count). The monoisotopic (exact) mass is 219 g/mol. The molecule has 0 aliphatic heterocycles. The third kappa shape index (κ3) is 1.17. The highest BCUT2D eigenvalue weighted by molar-refractivity contribution is 5.44. The maximum Gasteiger partial charge on any atom is 0.240 e. The summed E-state index contributed by atoms with van der Waals surface area (Å²) in [4.78, 5) is 8.82. The van der Waals surface area contributed by atoms with Gasteiger partial charge in [0, 0.05) is 0 Å². The largest absolute Gasteiger partial charge is 0.482 e. The molecule has 0 unspecified atom stereocenters. The topological polar surface area (TPSA) is 48.7 Å². The quantitative estimate of drug-likeness (QED) is 0.762. The van der Waals surface area contributed by atoms with E-state index in [0.29, 0.717) is 11.7 Å². The standard InChI is InChI=1S/C11H13N3O2/c1-15-9-6-10(16-2)14-8-5-3-4-7(8)12-11(14)13-9/h6H,3-5H2,1-2H3. The third-order valence-corrected chi connectivity index (χ3v) is 2.96. The van der Waals surface area contributed by atoms with E-state index < -0.39 is 0 Å². The van der Waals surface area contributed by atoms with Crippen LogP contribution < -0.4 is 9.47 Å². The van der Waals surface area contributed by atoms with Crippen molar-refractivity contribution in [1.82, 2.24) is 14.4 Å². The van der Waals surface area contributed by atoms with Crippen molar-refractivity contribution in [1.29, 1.82) is 0 Å². The lowest BCUT2D eigenvalue weighted by molar-refractivity contribution is 0.368. The summed E-state index contributed by atoms with van der Waals surface area (Å²) in [6, 6.07) is 1.78. The van der Waals surface area contributed by atoms with Crippen molar-refractivity contribution in [3.05, 3.63) is 17.5 Å². The fourth-order valence-electron chi connectivity index (χ4n) is 2.23. The summed E-state index contributed by atoms with van der Waals surface area (Å²) in [6.45, 7) is 0. The Morgan fingerprint density at radius 2 is 2.06 bits per heavy atom. The van der Waals surface area contributed by atoms with Crippen molar-refractivity contribution in [2.75, 3.05) is 14.2 Å². The second-order valence-corrected chi connectivity index (χ2v) is 3.84. The van der Waals surface area contributed by atoms with E-state index in [2.05, 4.69) is 9.97 Å². The van der Waals surface area contributed by atoms with E-state index in [-0.39, 0.29) is 0 Å². The van der Waals surface area contributed by atoms with E-state index in [9.17, 15) is 0 Å². The first-order valence-corrected chi connectivity index (χ1v) is 5.32. The van der Waals surface area contributed by atoms with Gasteiger partial charge in [-0.2, -0.15) is 4.98 Å². The average Bonchev–Trinajstić information content (AvgIpc) is 2.86. The number of nitrogens with zero attached hydrogens (tertiary/aromatic N) is 3. The van der Waals surface area contributed by atoms with Crippen LogP contribution in [-0.2, 0) is 12.8 Å². The number of aromatic nitrogens is 3. The number of rotatable bonds is 2. The molecule has 0 spiro atoms. The summed E-state index contributed by atoms with van der Waals surface area (Å²) in [5.41, 5.74) is 2.36.